The van der Waals surface area contributed by atoms with E-state index in [1.165, 1.54) is 11.1 Å². The fraction of sp³-hybridized carbons (Fsp3) is 0.762. The van der Waals surface area contributed by atoms with Crippen molar-refractivity contribution in [2.45, 2.75) is 92.6 Å². The van der Waals surface area contributed by atoms with E-state index in [4.69, 9.17) is 0 Å². The minimum atomic E-state index is -0.524. The van der Waals surface area contributed by atoms with E-state index in [1.807, 2.05) is 13.8 Å². The zero-order valence-electron chi connectivity index (χ0n) is 16.2. The van der Waals surface area contributed by atoms with Crippen molar-refractivity contribution in [3.8, 4) is 0 Å². The molecular formula is C21H38O2. The third-order valence-corrected chi connectivity index (χ3v) is 5.00. The summed E-state index contributed by atoms with van der Waals surface area (Å²) in [6.45, 7) is 12.4. The minimum Gasteiger partial charge on any atom is -0.392 e. The van der Waals surface area contributed by atoms with E-state index in [1.54, 1.807) is 0 Å². The van der Waals surface area contributed by atoms with Crippen LogP contribution in [-0.4, -0.2) is 17.0 Å². The molecule has 0 radical (unpaired) electrons. The lowest BCUT2D eigenvalue weighted by molar-refractivity contribution is -0.127. The molecule has 0 aliphatic rings. The van der Waals surface area contributed by atoms with Crippen LogP contribution in [0.25, 0.3) is 0 Å². The second kappa shape index (κ2) is 12.5. The van der Waals surface area contributed by atoms with Crippen LogP contribution in [0, 0.1) is 11.8 Å². The van der Waals surface area contributed by atoms with E-state index in [2.05, 4.69) is 39.8 Å². The number of allylic oxidation sites excluding steroid dienone is 4. The number of ketones is 1. The molecule has 0 aromatic heterocycles. The van der Waals surface area contributed by atoms with Crippen molar-refractivity contribution in [3.05, 3.63) is 23.3 Å². The van der Waals surface area contributed by atoms with E-state index in [0.29, 0.717) is 6.42 Å². The van der Waals surface area contributed by atoms with Crippen molar-refractivity contribution in [3.63, 3.8) is 0 Å². The Balaban J connectivity index is 4.68. The van der Waals surface area contributed by atoms with E-state index >= 15 is 0 Å². The van der Waals surface area contributed by atoms with Crippen LogP contribution in [0.4, 0.5) is 0 Å². The molecule has 0 rings (SSSR count). The average Bonchev–Trinajstić information content (AvgIpc) is 2.57. The molecular weight excluding hydrogens is 284 g/mol. The molecule has 0 fully saturated rings. The third kappa shape index (κ3) is 7.97. The van der Waals surface area contributed by atoms with Crippen LogP contribution in [0.15, 0.2) is 23.3 Å². The van der Waals surface area contributed by atoms with Gasteiger partial charge in [-0.05, 0) is 51.4 Å². The number of hydrogen-bond donors (Lipinski definition) is 1. The predicted molar refractivity (Wildman–Crippen MR) is 101 cm³/mol. The first-order valence-corrected chi connectivity index (χ1v) is 9.47. The van der Waals surface area contributed by atoms with Crippen LogP contribution >= 0.6 is 0 Å². The van der Waals surface area contributed by atoms with E-state index in [-0.39, 0.29) is 17.6 Å². The zero-order valence-corrected chi connectivity index (χ0v) is 16.2. The standard InChI is InChI=1S/C21H38O2/c1-7-17(8-2)13-12-14-18(9-3)15-16(6)21(23)19(10-4)20(22)11-5/h7,14,16,19,21,23H,8-13,15H2,1-6H3/b17-7-,18-14+/t16-,19-,21-/m0/s1. The molecule has 0 saturated carbocycles. The van der Waals surface area contributed by atoms with E-state index in [0.717, 1.165) is 38.5 Å². The summed E-state index contributed by atoms with van der Waals surface area (Å²) in [5.41, 5.74) is 2.91. The lowest BCUT2D eigenvalue weighted by atomic mass is 9.82. The molecule has 23 heavy (non-hydrogen) atoms. The highest BCUT2D eigenvalue weighted by molar-refractivity contribution is 5.81. The summed E-state index contributed by atoms with van der Waals surface area (Å²) in [5, 5.41) is 10.6. The summed E-state index contributed by atoms with van der Waals surface area (Å²) < 4.78 is 0. The lowest BCUT2D eigenvalue weighted by Gasteiger charge is -2.26. The number of aliphatic hydroxyl groups is 1. The lowest BCUT2D eigenvalue weighted by Crippen LogP contribution is -2.33. The van der Waals surface area contributed by atoms with Gasteiger partial charge in [0.1, 0.15) is 5.78 Å². The highest BCUT2D eigenvalue weighted by Gasteiger charge is 2.28. The van der Waals surface area contributed by atoms with Crippen LogP contribution in [0.2, 0.25) is 0 Å². The number of hydrogen-bond acceptors (Lipinski definition) is 2. The van der Waals surface area contributed by atoms with Crippen LogP contribution in [0.1, 0.15) is 86.5 Å². The largest absolute Gasteiger partial charge is 0.392 e. The van der Waals surface area contributed by atoms with Gasteiger partial charge in [0.15, 0.2) is 0 Å². The Hall–Kier alpha value is -0.890. The topological polar surface area (TPSA) is 37.3 Å². The van der Waals surface area contributed by atoms with Crippen LogP contribution in [0.5, 0.6) is 0 Å². The number of rotatable bonds is 12. The van der Waals surface area contributed by atoms with Crippen LogP contribution in [-0.2, 0) is 4.79 Å². The molecule has 0 unspecified atom stereocenters. The number of Topliss-reactive ketones (excluding diaryl/α,β-unsaturated/α-hetero) is 1. The van der Waals surface area contributed by atoms with Gasteiger partial charge < -0.3 is 5.11 Å². The monoisotopic (exact) mass is 322 g/mol. The number of carbonyl (C=O) groups is 1. The molecule has 134 valence electrons. The van der Waals surface area contributed by atoms with Crippen molar-refractivity contribution in [1.29, 1.82) is 0 Å². The summed E-state index contributed by atoms with van der Waals surface area (Å²) in [4.78, 5) is 12.0. The average molecular weight is 323 g/mol. The summed E-state index contributed by atoms with van der Waals surface area (Å²) in [6, 6.07) is 0. The SMILES string of the molecule is C/C=C(/CC)CC/C=C(\CC)C[C@H](C)[C@H](O)[C@@H](CC)C(=O)CC. The van der Waals surface area contributed by atoms with Crippen molar-refractivity contribution >= 4 is 5.78 Å². The molecule has 0 aliphatic heterocycles. The first kappa shape index (κ1) is 22.1. The normalized spacial score (nSPS) is 17.0. The maximum atomic E-state index is 12.0. The summed E-state index contributed by atoms with van der Waals surface area (Å²) >= 11 is 0. The van der Waals surface area contributed by atoms with E-state index < -0.39 is 6.10 Å². The molecule has 0 bridgehead atoms. The Bertz CT molecular complexity index is 393. The van der Waals surface area contributed by atoms with Gasteiger partial charge in [0.2, 0.25) is 0 Å². The van der Waals surface area contributed by atoms with Gasteiger partial charge in [0.05, 0.1) is 6.10 Å². The number of carbonyl (C=O) groups excluding carboxylic acids is 1. The van der Waals surface area contributed by atoms with Crippen molar-refractivity contribution in [2.75, 3.05) is 0 Å². The fourth-order valence-electron chi connectivity index (χ4n) is 3.21. The fourth-order valence-corrected chi connectivity index (χ4v) is 3.21. The maximum Gasteiger partial charge on any atom is 0.138 e. The Morgan fingerprint density at radius 1 is 1.04 bits per heavy atom. The zero-order chi connectivity index (χ0) is 17.8. The Morgan fingerprint density at radius 3 is 2.09 bits per heavy atom. The summed E-state index contributed by atoms with van der Waals surface area (Å²) in [5.74, 6) is 0.117. The van der Waals surface area contributed by atoms with Gasteiger partial charge in [-0.1, -0.05) is 57.9 Å². The van der Waals surface area contributed by atoms with E-state index in [9.17, 15) is 9.90 Å². The second-order valence-corrected chi connectivity index (χ2v) is 6.56. The van der Waals surface area contributed by atoms with Crippen molar-refractivity contribution in [2.24, 2.45) is 11.8 Å². The Kier molecular flexibility index (Phi) is 12.0. The predicted octanol–water partition coefficient (Wildman–Crippen LogP) is 5.85. The van der Waals surface area contributed by atoms with Crippen LogP contribution in [0.3, 0.4) is 0 Å². The van der Waals surface area contributed by atoms with Crippen LogP contribution < -0.4 is 0 Å². The van der Waals surface area contributed by atoms with Gasteiger partial charge in [-0.15, -0.1) is 0 Å². The first-order chi connectivity index (χ1) is 10.9. The molecule has 0 heterocycles. The van der Waals surface area contributed by atoms with Gasteiger partial charge in [-0.2, -0.15) is 0 Å². The molecule has 2 heteroatoms. The smallest absolute Gasteiger partial charge is 0.138 e. The van der Waals surface area contributed by atoms with Gasteiger partial charge in [-0.25, -0.2) is 0 Å². The molecule has 0 spiro atoms. The molecule has 0 amide bonds. The molecule has 0 aromatic carbocycles. The Morgan fingerprint density at radius 2 is 1.65 bits per heavy atom. The second-order valence-electron chi connectivity index (χ2n) is 6.56. The molecule has 1 N–H and O–H groups in total. The highest BCUT2D eigenvalue weighted by Crippen LogP contribution is 2.26. The van der Waals surface area contributed by atoms with Crippen molar-refractivity contribution < 1.29 is 9.90 Å². The van der Waals surface area contributed by atoms with Gasteiger partial charge in [0, 0.05) is 12.3 Å². The molecule has 2 nitrogen and oxygen atoms in total. The quantitative estimate of drug-likeness (QED) is 0.457. The number of aliphatic hydroxyl groups excluding tert-OH is 1. The van der Waals surface area contributed by atoms with Gasteiger partial charge in [-0.3, -0.25) is 4.79 Å². The summed E-state index contributed by atoms with van der Waals surface area (Å²) in [7, 11) is 0. The molecule has 0 aliphatic carbocycles. The minimum absolute atomic E-state index is 0.133. The van der Waals surface area contributed by atoms with Gasteiger partial charge >= 0.3 is 0 Å². The van der Waals surface area contributed by atoms with Gasteiger partial charge in [0.25, 0.3) is 0 Å². The molecule has 3 atom stereocenters. The first-order valence-electron chi connectivity index (χ1n) is 9.47. The molecule has 0 saturated heterocycles. The Labute approximate surface area is 144 Å². The molecule has 0 aromatic rings. The third-order valence-electron chi connectivity index (χ3n) is 5.00. The summed E-state index contributed by atoms with van der Waals surface area (Å²) in [6.07, 6.45) is 10.5. The van der Waals surface area contributed by atoms with Crippen molar-refractivity contribution in [1.82, 2.24) is 0 Å². The highest BCUT2D eigenvalue weighted by atomic mass is 16.3. The maximum absolute atomic E-state index is 12.0.